The molecule has 1 rings (SSSR count). The van der Waals surface area contributed by atoms with Crippen molar-refractivity contribution in [3.05, 3.63) is 0 Å². The molecule has 0 bridgehead atoms. The molecule has 70 valence electrons. The van der Waals surface area contributed by atoms with Gasteiger partial charge >= 0.3 is 6.09 Å². The maximum Gasteiger partial charge on any atom is 0.442 e. The fourth-order valence-electron chi connectivity index (χ4n) is 0.642. The molecule has 1 heterocycles. The van der Waals surface area contributed by atoms with E-state index in [4.69, 9.17) is 0 Å². The van der Waals surface area contributed by atoms with Gasteiger partial charge in [0.25, 0.3) is 10.1 Å². The van der Waals surface area contributed by atoms with Crippen molar-refractivity contribution in [1.82, 2.24) is 4.90 Å². The molecule has 1 saturated heterocycles. The molecule has 12 heavy (non-hydrogen) atoms. The first kappa shape index (κ1) is 9.27. The Balaban J connectivity index is 2.27. The van der Waals surface area contributed by atoms with Crippen LogP contribution in [0.3, 0.4) is 0 Å². The standard InChI is InChI=1S/C5H9NO5S/c1-12(8,9)11-10-5(7)6-3-2-4-6/h2-4H2,1H3. The summed E-state index contributed by atoms with van der Waals surface area (Å²) >= 11 is 0. The highest BCUT2D eigenvalue weighted by atomic mass is 32.2. The van der Waals surface area contributed by atoms with Gasteiger partial charge in [0.2, 0.25) is 0 Å². The lowest BCUT2D eigenvalue weighted by atomic mass is 10.2. The van der Waals surface area contributed by atoms with Crippen LogP contribution >= 0.6 is 0 Å². The molecule has 0 radical (unpaired) electrons. The van der Waals surface area contributed by atoms with Crippen molar-refractivity contribution in [2.75, 3.05) is 19.3 Å². The van der Waals surface area contributed by atoms with Crippen LogP contribution in [0.5, 0.6) is 0 Å². The molecule has 1 aliphatic heterocycles. The summed E-state index contributed by atoms with van der Waals surface area (Å²) in [4.78, 5) is 16.1. The van der Waals surface area contributed by atoms with Gasteiger partial charge in [-0.1, -0.05) is 4.33 Å². The first-order chi connectivity index (χ1) is 5.49. The monoisotopic (exact) mass is 195 g/mol. The molecule has 0 unspecified atom stereocenters. The normalized spacial score (nSPS) is 16.9. The van der Waals surface area contributed by atoms with Crippen LogP contribution in [0, 0.1) is 0 Å². The number of hydrogen-bond acceptors (Lipinski definition) is 5. The van der Waals surface area contributed by atoms with E-state index in [0.29, 0.717) is 13.1 Å². The summed E-state index contributed by atoms with van der Waals surface area (Å²) in [7, 11) is -3.71. The third-order valence-corrected chi connectivity index (χ3v) is 1.66. The van der Waals surface area contributed by atoms with E-state index in [1.165, 1.54) is 4.90 Å². The Morgan fingerprint density at radius 1 is 1.42 bits per heavy atom. The molecule has 1 aliphatic rings. The third-order valence-electron chi connectivity index (χ3n) is 1.34. The second-order valence-electron chi connectivity index (χ2n) is 2.46. The van der Waals surface area contributed by atoms with Gasteiger partial charge in [0.1, 0.15) is 0 Å². The Labute approximate surface area is 70.1 Å². The van der Waals surface area contributed by atoms with Gasteiger partial charge in [-0.15, -0.1) is 0 Å². The lowest BCUT2D eigenvalue weighted by Crippen LogP contribution is -2.42. The van der Waals surface area contributed by atoms with E-state index < -0.39 is 16.2 Å². The highest BCUT2D eigenvalue weighted by molar-refractivity contribution is 7.85. The van der Waals surface area contributed by atoms with Gasteiger partial charge < -0.3 is 4.90 Å². The zero-order valence-electron chi connectivity index (χ0n) is 6.52. The molecule has 0 atom stereocenters. The molecule has 0 aromatic heterocycles. The fraction of sp³-hybridized carbons (Fsp3) is 0.800. The minimum absolute atomic E-state index is 0.589. The highest BCUT2D eigenvalue weighted by Crippen LogP contribution is 2.07. The minimum Gasteiger partial charge on any atom is -0.306 e. The van der Waals surface area contributed by atoms with E-state index in [2.05, 4.69) is 9.22 Å². The number of amides is 1. The summed E-state index contributed by atoms with van der Waals surface area (Å²) in [6, 6.07) is 0. The van der Waals surface area contributed by atoms with Gasteiger partial charge in [0, 0.05) is 13.1 Å². The van der Waals surface area contributed by atoms with Crippen LogP contribution in [0.1, 0.15) is 6.42 Å². The van der Waals surface area contributed by atoms with E-state index in [9.17, 15) is 13.2 Å². The maximum atomic E-state index is 10.8. The molecule has 6 nitrogen and oxygen atoms in total. The van der Waals surface area contributed by atoms with Crippen LogP contribution in [0.2, 0.25) is 0 Å². The summed E-state index contributed by atoms with van der Waals surface area (Å²) in [6.45, 7) is 1.18. The predicted molar refractivity (Wildman–Crippen MR) is 38.6 cm³/mol. The Morgan fingerprint density at radius 3 is 2.33 bits per heavy atom. The summed E-state index contributed by atoms with van der Waals surface area (Å²) in [5.74, 6) is 0. The maximum absolute atomic E-state index is 10.8. The first-order valence-electron chi connectivity index (χ1n) is 3.34. The van der Waals surface area contributed by atoms with Gasteiger partial charge in [-0.25, -0.2) is 4.79 Å². The van der Waals surface area contributed by atoms with Crippen LogP contribution in [-0.2, 0) is 19.3 Å². The molecule has 7 heteroatoms. The average Bonchev–Trinajstić information content (AvgIpc) is 1.78. The van der Waals surface area contributed by atoms with E-state index >= 15 is 0 Å². The van der Waals surface area contributed by atoms with Crippen molar-refractivity contribution >= 4 is 16.2 Å². The summed E-state index contributed by atoms with van der Waals surface area (Å²) in [5.41, 5.74) is 0. The van der Waals surface area contributed by atoms with Crippen molar-refractivity contribution in [1.29, 1.82) is 0 Å². The summed E-state index contributed by atoms with van der Waals surface area (Å²) in [6.07, 6.45) is 0.955. The van der Waals surface area contributed by atoms with E-state index in [-0.39, 0.29) is 0 Å². The van der Waals surface area contributed by atoms with Crippen molar-refractivity contribution < 1.29 is 22.4 Å². The molecule has 0 spiro atoms. The molecule has 1 fully saturated rings. The van der Waals surface area contributed by atoms with Crippen LogP contribution in [0.4, 0.5) is 4.79 Å². The lowest BCUT2D eigenvalue weighted by Gasteiger charge is -2.28. The fourth-order valence-corrected chi connectivity index (χ4v) is 0.824. The smallest absolute Gasteiger partial charge is 0.306 e. The van der Waals surface area contributed by atoms with Crippen LogP contribution < -0.4 is 0 Å². The van der Waals surface area contributed by atoms with Crippen molar-refractivity contribution in [2.45, 2.75) is 6.42 Å². The first-order valence-corrected chi connectivity index (χ1v) is 5.16. The van der Waals surface area contributed by atoms with Crippen molar-refractivity contribution in [3.8, 4) is 0 Å². The molecule has 0 aromatic rings. The second-order valence-corrected chi connectivity index (χ2v) is 4.01. The molecular weight excluding hydrogens is 186 g/mol. The quantitative estimate of drug-likeness (QED) is 0.447. The van der Waals surface area contributed by atoms with Crippen LogP contribution in [0.25, 0.3) is 0 Å². The zero-order chi connectivity index (χ0) is 9.19. The molecule has 0 saturated carbocycles. The average molecular weight is 195 g/mol. The summed E-state index contributed by atoms with van der Waals surface area (Å²) < 4.78 is 24.5. The summed E-state index contributed by atoms with van der Waals surface area (Å²) in [5, 5.41) is 0. The molecule has 0 N–H and O–H groups in total. The number of likely N-dealkylation sites (tertiary alicyclic amines) is 1. The Kier molecular flexibility index (Phi) is 2.53. The Hall–Kier alpha value is -0.820. The van der Waals surface area contributed by atoms with Gasteiger partial charge in [-0.3, -0.25) is 4.89 Å². The highest BCUT2D eigenvalue weighted by Gasteiger charge is 2.23. The largest absolute Gasteiger partial charge is 0.442 e. The number of rotatable bonds is 2. The van der Waals surface area contributed by atoms with Crippen LogP contribution in [0.15, 0.2) is 0 Å². The molecular formula is C5H9NO5S. The molecule has 1 amide bonds. The molecule has 0 aromatic carbocycles. The minimum atomic E-state index is -3.71. The van der Waals surface area contributed by atoms with Gasteiger partial charge in [0.15, 0.2) is 0 Å². The van der Waals surface area contributed by atoms with E-state index in [1.54, 1.807) is 0 Å². The van der Waals surface area contributed by atoms with E-state index in [1.807, 2.05) is 0 Å². The number of carbonyl (C=O) groups excluding carboxylic acids is 1. The van der Waals surface area contributed by atoms with Crippen molar-refractivity contribution in [3.63, 3.8) is 0 Å². The van der Waals surface area contributed by atoms with Gasteiger partial charge in [-0.05, 0) is 6.42 Å². The Morgan fingerprint density at radius 2 is 2.00 bits per heavy atom. The van der Waals surface area contributed by atoms with Crippen LogP contribution in [-0.4, -0.2) is 38.8 Å². The SMILES string of the molecule is CS(=O)(=O)OOC(=O)N1CCC1. The lowest BCUT2D eigenvalue weighted by molar-refractivity contribution is -0.151. The Bertz CT molecular complexity index is 268. The zero-order valence-corrected chi connectivity index (χ0v) is 7.33. The van der Waals surface area contributed by atoms with Gasteiger partial charge in [0.05, 0.1) is 6.26 Å². The van der Waals surface area contributed by atoms with Crippen molar-refractivity contribution in [2.24, 2.45) is 0 Å². The van der Waals surface area contributed by atoms with E-state index in [0.717, 1.165) is 12.7 Å². The van der Waals surface area contributed by atoms with Gasteiger partial charge in [-0.2, -0.15) is 8.42 Å². The molecule has 0 aliphatic carbocycles. The predicted octanol–water partition coefficient (Wildman–Crippen LogP) is -0.280. The number of hydrogen-bond donors (Lipinski definition) is 0. The third kappa shape index (κ3) is 2.67. The topological polar surface area (TPSA) is 72.9 Å². The number of nitrogens with zero attached hydrogens (tertiary/aromatic N) is 1. The number of carbonyl (C=O) groups is 1. The second kappa shape index (κ2) is 3.28.